The first-order chi connectivity index (χ1) is 13.8. The van der Waals surface area contributed by atoms with Crippen LogP contribution >= 0.6 is 23.5 Å². The zero-order valence-corrected chi connectivity index (χ0v) is 19.8. The molecule has 0 amide bonds. The summed E-state index contributed by atoms with van der Waals surface area (Å²) in [6.45, 7) is 13.8. The van der Waals surface area contributed by atoms with Gasteiger partial charge in [0.1, 0.15) is 0 Å². The maximum atomic E-state index is 6.13. The van der Waals surface area contributed by atoms with Crippen LogP contribution in [0.3, 0.4) is 0 Å². The Balaban J connectivity index is 1.19. The van der Waals surface area contributed by atoms with E-state index in [1.54, 1.807) is 0 Å². The van der Waals surface area contributed by atoms with Crippen LogP contribution < -0.4 is 0 Å². The third-order valence-electron chi connectivity index (χ3n) is 5.80. The summed E-state index contributed by atoms with van der Waals surface area (Å²) in [6.07, 6.45) is -0.523. The molecule has 168 valence electrons. The van der Waals surface area contributed by atoms with Crippen molar-refractivity contribution in [2.75, 3.05) is 64.4 Å². The number of thioether (sulfide) groups is 2. The number of hydrogen-bond acceptors (Lipinski definition) is 8. The van der Waals surface area contributed by atoms with Gasteiger partial charge in [0.25, 0.3) is 0 Å². The molecule has 0 saturated carbocycles. The van der Waals surface area contributed by atoms with Crippen LogP contribution in [-0.2, 0) is 28.4 Å². The molecular formula is C21H36O6S2. The Morgan fingerprint density at radius 3 is 1.38 bits per heavy atom. The Bertz CT molecular complexity index is 482. The molecule has 4 aliphatic heterocycles. The fourth-order valence-electron chi connectivity index (χ4n) is 3.63. The highest BCUT2D eigenvalue weighted by molar-refractivity contribution is 8.07. The first-order valence-electron chi connectivity index (χ1n) is 10.6. The summed E-state index contributed by atoms with van der Waals surface area (Å²) in [5.74, 6) is 2.45. The van der Waals surface area contributed by atoms with E-state index in [4.69, 9.17) is 28.4 Å². The molecule has 29 heavy (non-hydrogen) atoms. The Morgan fingerprint density at radius 1 is 0.724 bits per heavy atom. The molecule has 1 spiro atoms. The molecule has 0 aliphatic carbocycles. The van der Waals surface area contributed by atoms with Crippen molar-refractivity contribution >= 4 is 23.5 Å². The van der Waals surface area contributed by atoms with Gasteiger partial charge in [-0.2, -0.15) is 23.5 Å². The van der Waals surface area contributed by atoms with Gasteiger partial charge in [-0.25, -0.2) is 0 Å². The summed E-state index contributed by atoms with van der Waals surface area (Å²) in [5.41, 5.74) is -0.589. The van der Waals surface area contributed by atoms with Gasteiger partial charge >= 0.3 is 0 Å². The first-order valence-corrected chi connectivity index (χ1v) is 12.7. The van der Waals surface area contributed by atoms with Gasteiger partial charge in [-0.3, -0.25) is 0 Å². The molecule has 0 aromatic heterocycles. The fraction of sp³-hybridized carbons (Fsp3) is 1.00. The van der Waals surface area contributed by atoms with Crippen LogP contribution in [0.15, 0.2) is 0 Å². The largest absolute Gasteiger partial charge is 0.380 e. The van der Waals surface area contributed by atoms with E-state index in [2.05, 4.69) is 27.7 Å². The highest BCUT2D eigenvalue weighted by atomic mass is 32.2. The number of hydrogen-bond donors (Lipinski definition) is 0. The average Bonchev–Trinajstić information content (AvgIpc) is 3.58. The van der Waals surface area contributed by atoms with E-state index in [-0.39, 0.29) is 28.8 Å². The van der Waals surface area contributed by atoms with Crippen molar-refractivity contribution in [1.29, 1.82) is 0 Å². The van der Waals surface area contributed by atoms with E-state index < -0.39 is 0 Å². The lowest BCUT2D eigenvalue weighted by Gasteiger charge is -2.48. The van der Waals surface area contributed by atoms with Crippen molar-refractivity contribution < 1.29 is 28.4 Å². The lowest BCUT2D eigenvalue weighted by molar-refractivity contribution is -0.338. The highest BCUT2D eigenvalue weighted by Crippen LogP contribution is 2.39. The predicted molar refractivity (Wildman–Crippen MR) is 116 cm³/mol. The Kier molecular flexibility index (Phi) is 7.14. The van der Waals surface area contributed by atoms with E-state index in [1.165, 1.54) is 11.5 Å². The van der Waals surface area contributed by atoms with Gasteiger partial charge in [0.2, 0.25) is 0 Å². The smallest absolute Gasteiger partial charge is 0.164 e. The maximum absolute atomic E-state index is 6.13. The molecule has 4 heterocycles. The van der Waals surface area contributed by atoms with Gasteiger partial charge in [0, 0.05) is 32.8 Å². The summed E-state index contributed by atoms with van der Waals surface area (Å²) in [7, 11) is 0. The molecule has 0 radical (unpaired) electrons. The Hall–Kier alpha value is 0.460. The Labute approximate surface area is 183 Å². The molecule has 0 N–H and O–H groups in total. The average molecular weight is 449 g/mol. The zero-order chi connectivity index (χ0) is 20.5. The topological polar surface area (TPSA) is 55.4 Å². The third kappa shape index (κ3) is 6.25. The first kappa shape index (κ1) is 22.6. The van der Waals surface area contributed by atoms with Crippen LogP contribution in [0.5, 0.6) is 0 Å². The molecule has 2 unspecified atom stereocenters. The van der Waals surface area contributed by atoms with Crippen LogP contribution in [0.1, 0.15) is 27.7 Å². The summed E-state index contributed by atoms with van der Waals surface area (Å²) in [5, 5.41) is 1.38. The van der Waals surface area contributed by atoms with Crippen LogP contribution in [0.2, 0.25) is 0 Å². The molecule has 4 rings (SSSR count). The van der Waals surface area contributed by atoms with Gasteiger partial charge in [-0.15, -0.1) is 0 Å². The van der Waals surface area contributed by atoms with Crippen molar-refractivity contribution in [3.05, 3.63) is 0 Å². The van der Waals surface area contributed by atoms with Gasteiger partial charge in [0.15, 0.2) is 12.6 Å². The molecule has 0 aromatic rings. The molecule has 6 nitrogen and oxygen atoms in total. The quantitative estimate of drug-likeness (QED) is 0.473. The van der Waals surface area contributed by atoms with Crippen molar-refractivity contribution in [1.82, 2.24) is 0 Å². The van der Waals surface area contributed by atoms with E-state index in [0.29, 0.717) is 50.1 Å². The predicted octanol–water partition coefficient (Wildman–Crippen LogP) is 3.04. The van der Waals surface area contributed by atoms with Crippen molar-refractivity contribution in [3.63, 3.8) is 0 Å². The lowest BCUT2D eigenvalue weighted by Crippen LogP contribution is -2.57. The lowest BCUT2D eigenvalue weighted by atomic mass is 9.86. The molecule has 4 aliphatic rings. The SMILES string of the molecule is CC(C)(COCC1CS1)C1OCC2(CO1)COC(C(C)(C)COCC1CS1)OC2. The molecular weight excluding hydrogens is 412 g/mol. The number of rotatable bonds is 10. The van der Waals surface area contributed by atoms with Crippen molar-refractivity contribution in [2.24, 2.45) is 16.2 Å². The molecule has 0 aromatic carbocycles. The molecule has 4 fully saturated rings. The second-order valence-corrected chi connectivity index (χ2v) is 13.0. The summed E-state index contributed by atoms with van der Waals surface area (Å²) >= 11 is 3.91. The molecule has 2 atom stereocenters. The summed E-state index contributed by atoms with van der Waals surface area (Å²) in [4.78, 5) is 0. The van der Waals surface area contributed by atoms with E-state index in [9.17, 15) is 0 Å². The van der Waals surface area contributed by atoms with Gasteiger partial charge in [-0.1, -0.05) is 27.7 Å². The zero-order valence-electron chi connectivity index (χ0n) is 18.1. The van der Waals surface area contributed by atoms with Crippen molar-refractivity contribution in [2.45, 2.75) is 50.8 Å². The third-order valence-corrected chi connectivity index (χ3v) is 7.68. The summed E-state index contributed by atoms with van der Waals surface area (Å²) in [6, 6.07) is 0. The maximum Gasteiger partial charge on any atom is 0.164 e. The van der Waals surface area contributed by atoms with Crippen LogP contribution in [0.25, 0.3) is 0 Å². The van der Waals surface area contributed by atoms with E-state index in [0.717, 1.165) is 13.2 Å². The van der Waals surface area contributed by atoms with Gasteiger partial charge < -0.3 is 28.4 Å². The van der Waals surface area contributed by atoms with E-state index in [1.807, 2.05) is 23.5 Å². The van der Waals surface area contributed by atoms with E-state index >= 15 is 0 Å². The van der Waals surface area contributed by atoms with Crippen LogP contribution in [0.4, 0.5) is 0 Å². The molecule has 4 saturated heterocycles. The Morgan fingerprint density at radius 2 is 1.07 bits per heavy atom. The second kappa shape index (κ2) is 9.14. The fourth-order valence-corrected chi connectivity index (χ4v) is 4.48. The summed E-state index contributed by atoms with van der Waals surface area (Å²) < 4.78 is 36.3. The highest BCUT2D eigenvalue weighted by Gasteiger charge is 2.48. The minimum atomic E-state index is -0.261. The number of ether oxygens (including phenoxy) is 6. The molecule has 8 heteroatoms. The van der Waals surface area contributed by atoms with Crippen LogP contribution in [-0.4, -0.2) is 87.4 Å². The van der Waals surface area contributed by atoms with Gasteiger partial charge in [0.05, 0.1) is 58.3 Å². The normalized spacial score (nSPS) is 37.7. The van der Waals surface area contributed by atoms with Crippen molar-refractivity contribution in [3.8, 4) is 0 Å². The minimum absolute atomic E-state index is 0.181. The monoisotopic (exact) mass is 448 g/mol. The minimum Gasteiger partial charge on any atom is -0.380 e. The molecule has 0 bridgehead atoms. The second-order valence-electron chi connectivity index (χ2n) is 10.3. The van der Waals surface area contributed by atoms with Gasteiger partial charge in [-0.05, 0) is 0 Å². The standard InChI is InChI=1S/C21H36O6S2/c1-19(2,9-22-5-15-7-28-15)17-24-11-21(12-25-17)13-26-18(27-14-21)20(3,4)10-23-6-16-8-29-16/h15-18H,5-14H2,1-4H3. The van der Waals surface area contributed by atoms with Crippen LogP contribution in [0, 0.1) is 16.2 Å².